The van der Waals surface area contributed by atoms with E-state index < -0.39 is 11.7 Å². The third-order valence-corrected chi connectivity index (χ3v) is 5.14. The fourth-order valence-corrected chi connectivity index (χ4v) is 3.29. The first-order chi connectivity index (χ1) is 16.9. The van der Waals surface area contributed by atoms with Crippen LogP contribution in [0.3, 0.4) is 0 Å². The molecule has 0 atom stereocenters. The molecule has 35 heavy (non-hydrogen) atoms. The van der Waals surface area contributed by atoms with Gasteiger partial charge in [0.2, 0.25) is 11.7 Å². The molecule has 0 aliphatic heterocycles. The normalized spacial score (nSPS) is 11.7. The maximum atomic E-state index is 12.7. The summed E-state index contributed by atoms with van der Waals surface area (Å²) in [5.74, 6) is 0.669. The number of aromatic nitrogens is 8. The van der Waals surface area contributed by atoms with Crippen LogP contribution in [0.1, 0.15) is 16.8 Å². The highest BCUT2D eigenvalue weighted by molar-refractivity contribution is 5.61. The van der Waals surface area contributed by atoms with Crippen molar-refractivity contribution in [2.24, 2.45) is 7.05 Å². The second kappa shape index (κ2) is 9.00. The van der Waals surface area contributed by atoms with Crippen LogP contribution in [0.5, 0.6) is 5.88 Å². The average molecular weight is 482 g/mol. The molecule has 0 N–H and O–H groups in total. The summed E-state index contributed by atoms with van der Waals surface area (Å²) < 4.78 is 50.7. The number of benzene rings is 1. The maximum absolute atomic E-state index is 12.7. The van der Waals surface area contributed by atoms with E-state index in [1.54, 1.807) is 35.1 Å². The van der Waals surface area contributed by atoms with Gasteiger partial charge in [0, 0.05) is 24.9 Å². The van der Waals surface area contributed by atoms with Crippen LogP contribution in [0.4, 0.5) is 13.2 Å². The second-order valence-corrected chi connectivity index (χ2v) is 7.48. The van der Waals surface area contributed by atoms with Crippen molar-refractivity contribution in [1.29, 1.82) is 0 Å². The topological polar surface area (TPSA) is 110 Å². The van der Waals surface area contributed by atoms with Crippen molar-refractivity contribution in [3.05, 3.63) is 78.0 Å². The van der Waals surface area contributed by atoms with E-state index in [-0.39, 0.29) is 18.4 Å². The first kappa shape index (κ1) is 22.3. The molecule has 1 aromatic carbocycles. The Morgan fingerprint density at radius 1 is 0.971 bits per heavy atom. The molecule has 0 saturated heterocycles. The summed E-state index contributed by atoms with van der Waals surface area (Å²) in [4.78, 5) is 9.76. The van der Waals surface area contributed by atoms with Gasteiger partial charge in [-0.3, -0.25) is 4.68 Å². The summed E-state index contributed by atoms with van der Waals surface area (Å²) in [6.07, 6.45) is 1.05. The number of hydrogen-bond donors (Lipinski definition) is 0. The first-order valence-electron chi connectivity index (χ1n) is 10.3. The number of rotatable bonds is 7. The Kier molecular flexibility index (Phi) is 5.73. The molecule has 5 rings (SSSR count). The van der Waals surface area contributed by atoms with E-state index in [0.717, 1.165) is 29.5 Å². The standard InChI is InChI=1S/C22H17F3N8O2/c1-32-18(13-34-19-7-6-16(10-26-19)22(23,24)25)17(11-29-32)21-30-20(31-35-21)15-4-2-14(3-5-15)12-33-27-8-9-28-33/h2-11H,12-13H2,1H3. The van der Waals surface area contributed by atoms with Gasteiger partial charge in [-0.2, -0.15) is 38.2 Å². The van der Waals surface area contributed by atoms with Crippen molar-refractivity contribution in [3.63, 3.8) is 0 Å². The molecule has 0 amide bonds. The van der Waals surface area contributed by atoms with Gasteiger partial charge in [-0.15, -0.1) is 0 Å². The summed E-state index contributed by atoms with van der Waals surface area (Å²) in [5.41, 5.74) is 2.05. The van der Waals surface area contributed by atoms with Crippen molar-refractivity contribution in [2.75, 3.05) is 0 Å². The fraction of sp³-hybridized carbons (Fsp3) is 0.182. The Morgan fingerprint density at radius 2 is 1.74 bits per heavy atom. The SMILES string of the molecule is Cn1ncc(-c2nc(-c3ccc(Cn4nccn4)cc3)no2)c1COc1ccc(C(F)(F)F)cn1. The molecule has 0 aliphatic carbocycles. The highest BCUT2D eigenvalue weighted by Gasteiger charge is 2.30. The molecule has 0 spiro atoms. The predicted molar refractivity (Wildman–Crippen MR) is 115 cm³/mol. The Morgan fingerprint density at radius 3 is 2.43 bits per heavy atom. The summed E-state index contributed by atoms with van der Waals surface area (Å²) in [6, 6.07) is 9.67. The van der Waals surface area contributed by atoms with Crippen molar-refractivity contribution in [3.8, 4) is 28.7 Å². The third kappa shape index (κ3) is 4.88. The van der Waals surface area contributed by atoms with Gasteiger partial charge in [-0.05, 0) is 11.6 Å². The molecule has 178 valence electrons. The minimum Gasteiger partial charge on any atom is -0.471 e. The molecule has 0 unspecified atom stereocenters. The summed E-state index contributed by atoms with van der Waals surface area (Å²) in [7, 11) is 1.70. The summed E-state index contributed by atoms with van der Waals surface area (Å²) in [6.45, 7) is 0.523. The Bertz CT molecular complexity index is 1410. The van der Waals surface area contributed by atoms with E-state index in [2.05, 4.69) is 30.4 Å². The summed E-state index contributed by atoms with van der Waals surface area (Å²) >= 11 is 0. The van der Waals surface area contributed by atoms with Crippen LogP contribution in [0.25, 0.3) is 22.8 Å². The van der Waals surface area contributed by atoms with Crippen LogP contribution in [0, 0.1) is 0 Å². The smallest absolute Gasteiger partial charge is 0.417 e. The van der Waals surface area contributed by atoms with Crippen LogP contribution in [-0.4, -0.2) is 39.9 Å². The lowest BCUT2D eigenvalue weighted by atomic mass is 10.1. The number of ether oxygens (including phenoxy) is 1. The Hall–Kier alpha value is -4.55. The van der Waals surface area contributed by atoms with Gasteiger partial charge < -0.3 is 9.26 Å². The lowest BCUT2D eigenvalue weighted by Crippen LogP contribution is -2.07. The molecular weight excluding hydrogens is 465 g/mol. The molecule has 0 bridgehead atoms. The number of aryl methyl sites for hydroxylation is 1. The van der Waals surface area contributed by atoms with Gasteiger partial charge in [-0.25, -0.2) is 4.98 Å². The zero-order valence-corrected chi connectivity index (χ0v) is 18.2. The van der Waals surface area contributed by atoms with E-state index in [9.17, 15) is 13.2 Å². The lowest BCUT2D eigenvalue weighted by molar-refractivity contribution is -0.137. The van der Waals surface area contributed by atoms with Crippen molar-refractivity contribution < 1.29 is 22.4 Å². The second-order valence-electron chi connectivity index (χ2n) is 7.48. The molecule has 0 fully saturated rings. The van der Waals surface area contributed by atoms with E-state index >= 15 is 0 Å². The van der Waals surface area contributed by atoms with Crippen LogP contribution < -0.4 is 4.74 Å². The molecule has 0 aliphatic rings. The van der Waals surface area contributed by atoms with Crippen molar-refractivity contribution in [1.82, 2.24) is 39.9 Å². The zero-order chi connectivity index (χ0) is 24.4. The van der Waals surface area contributed by atoms with Crippen LogP contribution in [-0.2, 0) is 26.4 Å². The van der Waals surface area contributed by atoms with E-state index in [1.165, 1.54) is 0 Å². The zero-order valence-electron chi connectivity index (χ0n) is 18.2. The van der Waals surface area contributed by atoms with E-state index in [0.29, 0.717) is 23.6 Å². The first-order valence-corrected chi connectivity index (χ1v) is 10.3. The largest absolute Gasteiger partial charge is 0.471 e. The number of nitrogens with zero attached hydrogens (tertiary/aromatic N) is 8. The van der Waals surface area contributed by atoms with Crippen molar-refractivity contribution >= 4 is 0 Å². The van der Waals surface area contributed by atoms with Gasteiger partial charge in [0.15, 0.2) is 0 Å². The summed E-state index contributed by atoms with van der Waals surface area (Å²) in [5, 5.41) is 16.4. The lowest BCUT2D eigenvalue weighted by Gasteiger charge is -2.09. The van der Waals surface area contributed by atoms with Gasteiger partial charge in [-0.1, -0.05) is 29.4 Å². The van der Waals surface area contributed by atoms with E-state index in [4.69, 9.17) is 9.26 Å². The van der Waals surface area contributed by atoms with E-state index in [1.807, 2.05) is 24.3 Å². The van der Waals surface area contributed by atoms with Gasteiger partial charge in [0.1, 0.15) is 6.61 Å². The highest BCUT2D eigenvalue weighted by Crippen LogP contribution is 2.30. The molecule has 0 radical (unpaired) electrons. The minimum atomic E-state index is -4.46. The average Bonchev–Trinajstić information content (AvgIpc) is 3.60. The number of halogens is 3. The van der Waals surface area contributed by atoms with Crippen LogP contribution in [0.2, 0.25) is 0 Å². The maximum Gasteiger partial charge on any atom is 0.417 e. The number of pyridine rings is 1. The van der Waals surface area contributed by atoms with Crippen LogP contribution in [0.15, 0.2) is 65.7 Å². The fourth-order valence-electron chi connectivity index (χ4n) is 3.29. The third-order valence-electron chi connectivity index (χ3n) is 5.14. The van der Waals surface area contributed by atoms with Gasteiger partial charge in [0.05, 0.1) is 42.0 Å². The van der Waals surface area contributed by atoms with Crippen LogP contribution >= 0.6 is 0 Å². The molecule has 4 heterocycles. The monoisotopic (exact) mass is 482 g/mol. The molecule has 5 aromatic rings. The predicted octanol–water partition coefficient (Wildman–Crippen LogP) is 3.77. The van der Waals surface area contributed by atoms with Crippen molar-refractivity contribution in [2.45, 2.75) is 19.3 Å². The van der Waals surface area contributed by atoms with Gasteiger partial charge in [0.25, 0.3) is 5.89 Å². The molecule has 0 saturated carbocycles. The molecule has 10 nitrogen and oxygen atoms in total. The number of alkyl halides is 3. The molecular formula is C22H17F3N8O2. The quantitative estimate of drug-likeness (QED) is 0.345. The van der Waals surface area contributed by atoms with Gasteiger partial charge >= 0.3 is 6.18 Å². The Balaban J connectivity index is 1.30. The minimum absolute atomic E-state index is 0.0158. The highest BCUT2D eigenvalue weighted by atomic mass is 19.4. The molecule has 4 aromatic heterocycles. The molecule has 13 heteroatoms. The Labute approximate surface area is 196 Å². The number of hydrogen-bond acceptors (Lipinski definition) is 8.